The third-order valence-electron chi connectivity index (χ3n) is 5.64. The van der Waals surface area contributed by atoms with Crippen molar-refractivity contribution in [3.05, 3.63) is 82.2 Å². The Labute approximate surface area is 190 Å². The molecule has 0 aliphatic rings. The number of pyridine rings is 1. The molecule has 4 rings (SSSR count). The number of furan rings is 1. The van der Waals surface area contributed by atoms with Crippen LogP contribution in [0.15, 0.2) is 65.3 Å². The van der Waals surface area contributed by atoms with Crippen LogP contribution >= 0.6 is 0 Å². The van der Waals surface area contributed by atoms with E-state index in [-0.39, 0.29) is 29.8 Å². The Kier molecular flexibility index (Phi) is 6.53. The number of nitrogens with one attached hydrogen (secondary N) is 1. The Morgan fingerprint density at radius 3 is 2.73 bits per heavy atom. The molecule has 0 saturated heterocycles. The number of rotatable bonds is 9. The van der Waals surface area contributed by atoms with E-state index in [1.54, 1.807) is 30.6 Å². The van der Waals surface area contributed by atoms with Crippen LogP contribution in [-0.4, -0.2) is 29.0 Å². The molecule has 0 radical (unpaired) electrons. The van der Waals surface area contributed by atoms with Crippen molar-refractivity contribution in [3.8, 4) is 5.75 Å². The van der Waals surface area contributed by atoms with Gasteiger partial charge in [0.15, 0.2) is 16.9 Å². The maximum Gasteiger partial charge on any atom is 0.221 e. The fourth-order valence-electron chi connectivity index (χ4n) is 4.15. The average molecular weight is 447 g/mol. The summed E-state index contributed by atoms with van der Waals surface area (Å²) in [5.41, 5.74) is 2.71. The van der Waals surface area contributed by atoms with E-state index in [1.165, 1.54) is 0 Å². The number of hydrogen-bond donors (Lipinski definition) is 1. The van der Waals surface area contributed by atoms with Gasteiger partial charge >= 0.3 is 0 Å². The molecule has 0 saturated carbocycles. The Morgan fingerprint density at radius 2 is 2.00 bits per heavy atom. The zero-order chi connectivity index (χ0) is 23.4. The van der Waals surface area contributed by atoms with Crippen molar-refractivity contribution in [1.29, 1.82) is 0 Å². The van der Waals surface area contributed by atoms with Crippen LogP contribution in [0, 0.1) is 10.1 Å². The molecule has 0 bridgehead atoms. The lowest BCUT2D eigenvalue weighted by molar-refractivity contribution is -0.483. The fraction of sp³-hybridized carbons (Fsp3) is 0.280. The van der Waals surface area contributed by atoms with Crippen molar-refractivity contribution < 1.29 is 18.9 Å². The molecule has 2 heterocycles. The number of carbonyl (C=O) groups is 1. The van der Waals surface area contributed by atoms with Gasteiger partial charge in [-0.15, -0.1) is 0 Å². The lowest BCUT2D eigenvalue weighted by Gasteiger charge is -2.18. The molecular weight excluding hydrogens is 422 g/mol. The predicted octanol–water partition coefficient (Wildman–Crippen LogP) is 5.01. The number of hydrogen-bond acceptors (Lipinski definition) is 6. The van der Waals surface area contributed by atoms with Crippen molar-refractivity contribution in [1.82, 2.24) is 10.3 Å². The van der Waals surface area contributed by atoms with Crippen LogP contribution in [0.3, 0.4) is 0 Å². The third-order valence-corrected chi connectivity index (χ3v) is 5.64. The highest BCUT2D eigenvalue weighted by Gasteiger charge is 2.27. The van der Waals surface area contributed by atoms with E-state index < -0.39 is 5.92 Å². The lowest BCUT2D eigenvalue weighted by atomic mass is 9.91. The largest absolute Gasteiger partial charge is 0.490 e. The molecule has 2 aromatic heterocycles. The van der Waals surface area contributed by atoms with Crippen LogP contribution in [0.2, 0.25) is 0 Å². The van der Waals surface area contributed by atoms with Gasteiger partial charge in [0.05, 0.1) is 24.8 Å². The molecule has 170 valence electrons. The summed E-state index contributed by atoms with van der Waals surface area (Å²) >= 11 is 0. The molecule has 2 unspecified atom stereocenters. The van der Waals surface area contributed by atoms with Gasteiger partial charge in [0.1, 0.15) is 0 Å². The summed E-state index contributed by atoms with van der Waals surface area (Å²) in [6.45, 7) is 3.83. The number of fused-ring (bicyclic) bond motifs is 3. The first-order chi connectivity index (χ1) is 16.0. The zero-order valence-corrected chi connectivity index (χ0v) is 18.5. The van der Waals surface area contributed by atoms with Crippen LogP contribution in [-0.2, 0) is 4.79 Å². The topological polar surface area (TPSA) is 108 Å². The average Bonchev–Trinajstić information content (AvgIpc) is 3.19. The molecule has 4 aromatic rings. The number of nitrogens with zero attached hydrogens (tertiary/aromatic N) is 2. The molecule has 1 N–H and O–H groups in total. The second-order valence-electron chi connectivity index (χ2n) is 7.88. The fourth-order valence-corrected chi connectivity index (χ4v) is 4.15. The van der Waals surface area contributed by atoms with Gasteiger partial charge < -0.3 is 14.5 Å². The van der Waals surface area contributed by atoms with Crippen molar-refractivity contribution in [3.63, 3.8) is 0 Å². The van der Waals surface area contributed by atoms with Crippen molar-refractivity contribution in [2.45, 2.75) is 32.2 Å². The summed E-state index contributed by atoms with van der Waals surface area (Å²) in [4.78, 5) is 28.2. The second-order valence-corrected chi connectivity index (χ2v) is 7.88. The SMILES string of the molecule is CCOc1ccc(C(CC(=O)NC(C)c2ccccc2)C[N+](=O)[O-])c2c1oc1cnccc12. The highest BCUT2D eigenvalue weighted by molar-refractivity contribution is 6.08. The van der Waals surface area contributed by atoms with E-state index in [9.17, 15) is 14.9 Å². The molecule has 0 fully saturated rings. The van der Waals surface area contributed by atoms with Gasteiger partial charge in [-0.25, -0.2) is 0 Å². The summed E-state index contributed by atoms with van der Waals surface area (Å²) in [6, 6.07) is 14.7. The summed E-state index contributed by atoms with van der Waals surface area (Å²) < 4.78 is 11.7. The molecule has 0 aliphatic carbocycles. The smallest absolute Gasteiger partial charge is 0.221 e. The molecule has 33 heavy (non-hydrogen) atoms. The van der Waals surface area contributed by atoms with E-state index in [0.29, 0.717) is 34.5 Å². The quantitative estimate of drug-likeness (QED) is 0.286. The number of carbonyl (C=O) groups excluding carboxylic acids is 1. The maximum absolute atomic E-state index is 12.9. The Balaban J connectivity index is 1.71. The van der Waals surface area contributed by atoms with E-state index in [4.69, 9.17) is 9.15 Å². The molecular formula is C25H25N3O5. The predicted molar refractivity (Wildman–Crippen MR) is 125 cm³/mol. The van der Waals surface area contributed by atoms with Gasteiger partial charge in [0.2, 0.25) is 12.5 Å². The summed E-state index contributed by atoms with van der Waals surface area (Å²) in [7, 11) is 0. The van der Waals surface area contributed by atoms with Gasteiger partial charge in [-0.1, -0.05) is 36.4 Å². The van der Waals surface area contributed by atoms with Crippen LogP contribution in [0.4, 0.5) is 0 Å². The number of amides is 1. The van der Waals surface area contributed by atoms with Gasteiger partial charge in [-0.05, 0) is 37.1 Å². The third kappa shape index (κ3) is 4.79. The van der Waals surface area contributed by atoms with Crippen molar-refractivity contribution in [2.75, 3.05) is 13.2 Å². The molecule has 2 atom stereocenters. The van der Waals surface area contributed by atoms with E-state index in [0.717, 1.165) is 10.9 Å². The number of ether oxygens (including phenoxy) is 1. The van der Waals surface area contributed by atoms with Crippen molar-refractivity contribution >= 4 is 27.8 Å². The Hall–Kier alpha value is -3.94. The number of benzene rings is 2. The minimum absolute atomic E-state index is 0.0288. The van der Waals surface area contributed by atoms with Crippen LogP contribution in [0.1, 0.15) is 43.4 Å². The monoisotopic (exact) mass is 447 g/mol. The summed E-state index contributed by atoms with van der Waals surface area (Å²) in [5.74, 6) is -0.348. The molecule has 1 amide bonds. The minimum atomic E-state index is -0.643. The zero-order valence-electron chi connectivity index (χ0n) is 18.5. The van der Waals surface area contributed by atoms with Crippen molar-refractivity contribution in [2.24, 2.45) is 0 Å². The molecule has 8 heteroatoms. The normalized spacial score (nSPS) is 13.0. The first-order valence-electron chi connectivity index (χ1n) is 10.9. The second kappa shape index (κ2) is 9.68. The molecule has 0 aliphatic heterocycles. The number of nitro groups is 1. The minimum Gasteiger partial charge on any atom is -0.490 e. The first kappa shape index (κ1) is 22.3. The van der Waals surface area contributed by atoms with Crippen LogP contribution < -0.4 is 10.1 Å². The standard InChI is InChI=1S/C25H25N3O5/c1-3-32-21-10-9-19(24-20-11-12-26-14-22(20)33-25(21)24)18(15-28(30)31)13-23(29)27-16(2)17-7-5-4-6-8-17/h4-12,14,16,18H,3,13,15H2,1-2H3,(H,27,29). The lowest BCUT2D eigenvalue weighted by Crippen LogP contribution is -2.29. The van der Waals surface area contributed by atoms with Crippen LogP contribution in [0.5, 0.6) is 5.75 Å². The highest BCUT2D eigenvalue weighted by atomic mass is 16.6. The summed E-state index contributed by atoms with van der Waals surface area (Å²) in [6.07, 6.45) is 3.22. The van der Waals surface area contributed by atoms with E-state index in [2.05, 4.69) is 10.3 Å². The highest BCUT2D eigenvalue weighted by Crippen LogP contribution is 2.40. The molecule has 0 spiro atoms. The first-order valence-corrected chi connectivity index (χ1v) is 10.9. The van der Waals surface area contributed by atoms with Gasteiger partial charge in [-0.2, -0.15) is 0 Å². The van der Waals surface area contributed by atoms with E-state index in [1.807, 2.05) is 44.2 Å². The molecule has 8 nitrogen and oxygen atoms in total. The maximum atomic E-state index is 12.9. The summed E-state index contributed by atoms with van der Waals surface area (Å²) in [5, 5.41) is 16.0. The van der Waals surface area contributed by atoms with Gasteiger partial charge in [0, 0.05) is 28.3 Å². The molecule has 2 aromatic carbocycles. The van der Waals surface area contributed by atoms with E-state index >= 15 is 0 Å². The number of aromatic nitrogens is 1. The van der Waals surface area contributed by atoms with Gasteiger partial charge in [-0.3, -0.25) is 19.9 Å². The van der Waals surface area contributed by atoms with Gasteiger partial charge in [0.25, 0.3) is 0 Å². The Bertz CT molecular complexity index is 1290. The van der Waals surface area contributed by atoms with Crippen LogP contribution in [0.25, 0.3) is 21.9 Å². The Morgan fingerprint density at radius 1 is 1.21 bits per heavy atom.